The van der Waals surface area contributed by atoms with E-state index in [0.717, 1.165) is 12.0 Å². The van der Waals surface area contributed by atoms with E-state index in [4.69, 9.17) is 11.6 Å². The molecule has 0 atom stereocenters. The van der Waals surface area contributed by atoms with Crippen molar-refractivity contribution in [1.82, 2.24) is 4.90 Å². The molecule has 0 bridgehead atoms. The van der Waals surface area contributed by atoms with Gasteiger partial charge in [-0.2, -0.15) is 0 Å². The van der Waals surface area contributed by atoms with Crippen LogP contribution in [0.4, 0.5) is 4.39 Å². The number of amides is 1. The molecule has 1 aromatic carbocycles. The summed E-state index contributed by atoms with van der Waals surface area (Å²) >= 11 is 7.64. The summed E-state index contributed by atoms with van der Waals surface area (Å²) in [4.78, 5) is 15.3. The zero-order chi connectivity index (χ0) is 13.4. The van der Waals surface area contributed by atoms with Crippen molar-refractivity contribution in [2.75, 3.05) is 6.54 Å². The third-order valence-corrected chi connectivity index (χ3v) is 4.61. The first-order chi connectivity index (χ1) is 9.16. The highest BCUT2D eigenvalue weighted by Gasteiger charge is 2.25. The highest BCUT2D eigenvalue weighted by molar-refractivity contribution is 7.10. The standard InChI is InChI=1S/C14H11ClFNOS/c15-10-2-1-3-11(16)13(10)14(18)17-6-4-12-9(8-17)5-7-19-12/h1-3,5,7H,4,6,8H2. The maximum Gasteiger partial charge on any atom is 0.258 e. The third-order valence-electron chi connectivity index (χ3n) is 3.27. The van der Waals surface area contributed by atoms with Gasteiger partial charge in [-0.3, -0.25) is 4.79 Å². The minimum Gasteiger partial charge on any atom is -0.334 e. The van der Waals surface area contributed by atoms with E-state index < -0.39 is 5.82 Å². The minimum atomic E-state index is -0.561. The fourth-order valence-corrected chi connectivity index (χ4v) is 3.42. The van der Waals surface area contributed by atoms with Crippen molar-refractivity contribution in [2.24, 2.45) is 0 Å². The Balaban J connectivity index is 1.90. The van der Waals surface area contributed by atoms with E-state index in [1.54, 1.807) is 16.2 Å². The Hall–Kier alpha value is -1.39. The Morgan fingerprint density at radius 1 is 1.37 bits per heavy atom. The second-order valence-corrected chi connectivity index (χ2v) is 5.85. The monoisotopic (exact) mass is 295 g/mol. The number of hydrogen-bond acceptors (Lipinski definition) is 2. The van der Waals surface area contributed by atoms with Gasteiger partial charge in [0.15, 0.2) is 0 Å². The van der Waals surface area contributed by atoms with Crippen molar-refractivity contribution >= 4 is 28.8 Å². The Labute approximate surface area is 119 Å². The number of nitrogens with zero attached hydrogens (tertiary/aromatic N) is 1. The van der Waals surface area contributed by atoms with Gasteiger partial charge in [-0.15, -0.1) is 11.3 Å². The molecule has 0 unspecified atom stereocenters. The van der Waals surface area contributed by atoms with Crippen LogP contribution in [0.5, 0.6) is 0 Å². The fourth-order valence-electron chi connectivity index (χ4n) is 2.28. The fraction of sp³-hybridized carbons (Fsp3) is 0.214. The maximum absolute atomic E-state index is 13.8. The van der Waals surface area contributed by atoms with Crippen molar-refractivity contribution in [3.63, 3.8) is 0 Å². The van der Waals surface area contributed by atoms with Crippen molar-refractivity contribution in [3.05, 3.63) is 56.5 Å². The van der Waals surface area contributed by atoms with Gasteiger partial charge in [-0.1, -0.05) is 17.7 Å². The second kappa shape index (κ2) is 4.94. The molecule has 19 heavy (non-hydrogen) atoms. The van der Waals surface area contributed by atoms with Crippen LogP contribution in [0.3, 0.4) is 0 Å². The first-order valence-corrected chi connectivity index (χ1v) is 7.21. The average Bonchev–Trinajstić information content (AvgIpc) is 2.85. The predicted octanol–water partition coefficient (Wildman–Crippen LogP) is 3.74. The van der Waals surface area contributed by atoms with Crippen molar-refractivity contribution in [2.45, 2.75) is 13.0 Å². The summed E-state index contributed by atoms with van der Waals surface area (Å²) in [5.41, 5.74) is 1.12. The van der Waals surface area contributed by atoms with Gasteiger partial charge in [0.05, 0.1) is 10.6 Å². The predicted molar refractivity (Wildman–Crippen MR) is 74.2 cm³/mol. The molecule has 2 heterocycles. The Kier molecular flexibility index (Phi) is 3.29. The topological polar surface area (TPSA) is 20.3 Å². The van der Waals surface area contributed by atoms with E-state index >= 15 is 0 Å². The van der Waals surface area contributed by atoms with Crippen LogP contribution in [0.15, 0.2) is 29.6 Å². The lowest BCUT2D eigenvalue weighted by Crippen LogP contribution is -2.36. The molecule has 2 aromatic rings. The van der Waals surface area contributed by atoms with Crippen LogP contribution in [-0.4, -0.2) is 17.4 Å². The molecule has 0 fully saturated rings. The summed E-state index contributed by atoms with van der Waals surface area (Å²) in [5, 5.41) is 2.19. The lowest BCUT2D eigenvalue weighted by Gasteiger charge is -2.27. The number of carbonyl (C=O) groups excluding carboxylic acids is 1. The Morgan fingerprint density at radius 3 is 3.00 bits per heavy atom. The van der Waals surface area contributed by atoms with Crippen LogP contribution in [0.1, 0.15) is 20.8 Å². The van der Waals surface area contributed by atoms with Crippen molar-refractivity contribution < 1.29 is 9.18 Å². The Bertz CT molecular complexity index is 620. The van der Waals surface area contributed by atoms with Gasteiger partial charge >= 0.3 is 0 Å². The molecule has 0 radical (unpaired) electrons. The molecular formula is C14H11ClFNOS. The molecule has 2 nitrogen and oxygen atoms in total. The van der Waals surface area contributed by atoms with Crippen LogP contribution < -0.4 is 0 Å². The number of rotatable bonds is 1. The highest BCUT2D eigenvalue weighted by atomic mass is 35.5. The molecule has 0 saturated heterocycles. The van der Waals surface area contributed by atoms with E-state index in [1.165, 1.54) is 23.1 Å². The SMILES string of the molecule is O=C(c1c(F)cccc1Cl)N1CCc2sccc2C1. The van der Waals surface area contributed by atoms with E-state index in [2.05, 4.69) is 0 Å². The van der Waals surface area contributed by atoms with Crippen LogP contribution in [0.25, 0.3) is 0 Å². The largest absolute Gasteiger partial charge is 0.334 e. The van der Waals surface area contributed by atoms with Crippen LogP contribution in [-0.2, 0) is 13.0 Å². The molecule has 1 amide bonds. The maximum atomic E-state index is 13.8. The molecule has 5 heteroatoms. The molecule has 0 spiro atoms. The van der Waals surface area contributed by atoms with Gasteiger partial charge in [-0.25, -0.2) is 4.39 Å². The number of halogens is 2. The third kappa shape index (κ3) is 2.26. The highest BCUT2D eigenvalue weighted by Crippen LogP contribution is 2.27. The lowest BCUT2D eigenvalue weighted by molar-refractivity contribution is 0.0731. The molecule has 0 saturated carbocycles. The summed E-state index contributed by atoms with van der Waals surface area (Å²) in [7, 11) is 0. The summed E-state index contributed by atoms with van der Waals surface area (Å²) in [6.45, 7) is 1.14. The van der Waals surface area contributed by atoms with E-state index in [-0.39, 0.29) is 16.5 Å². The van der Waals surface area contributed by atoms with Gasteiger partial charge in [-0.05, 0) is 35.6 Å². The first-order valence-electron chi connectivity index (χ1n) is 5.95. The van der Waals surface area contributed by atoms with E-state index in [9.17, 15) is 9.18 Å². The number of thiophene rings is 1. The molecule has 3 rings (SSSR count). The van der Waals surface area contributed by atoms with E-state index in [1.807, 2.05) is 11.4 Å². The normalized spacial score (nSPS) is 14.3. The number of fused-ring (bicyclic) bond motifs is 1. The average molecular weight is 296 g/mol. The summed E-state index contributed by atoms with van der Waals surface area (Å²) in [6.07, 6.45) is 0.824. The smallest absolute Gasteiger partial charge is 0.258 e. The summed E-state index contributed by atoms with van der Waals surface area (Å²) < 4.78 is 13.8. The first kappa shape index (κ1) is 12.6. The number of benzene rings is 1. The van der Waals surface area contributed by atoms with Crippen LogP contribution >= 0.6 is 22.9 Å². The molecule has 0 aliphatic carbocycles. The molecule has 1 aromatic heterocycles. The van der Waals surface area contributed by atoms with Gasteiger partial charge in [0.1, 0.15) is 5.82 Å². The molecule has 1 aliphatic rings. The Morgan fingerprint density at radius 2 is 2.21 bits per heavy atom. The van der Waals surface area contributed by atoms with Crippen molar-refractivity contribution in [3.8, 4) is 0 Å². The lowest BCUT2D eigenvalue weighted by atomic mass is 10.1. The zero-order valence-corrected chi connectivity index (χ0v) is 11.6. The molecule has 1 aliphatic heterocycles. The number of carbonyl (C=O) groups is 1. The van der Waals surface area contributed by atoms with Crippen LogP contribution in [0.2, 0.25) is 5.02 Å². The van der Waals surface area contributed by atoms with Crippen LogP contribution in [0, 0.1) is 5.82 Å². The number of hydrogen-bond donors (Lipinski definition) is 0. The van der Waals surface area contributed by atoms with Gasteiger partial charge < -0.3 is 4.90 Å². The second-order valence-electron chi connectivity index (χ2n) is 4.44. The van der Waals surface area contributed by atoms with Crippen molar-refractivity contribution in [1.29, 1.82) is 0 Å². The molecule has 98 valence electrons. The van der Waals surface area contributed by atoms with Gasteiger partial charge in [0.2, 0.25) is 0 Å². The van der Waals surface area contributed by atoms with Gasteiger partial charge in [0, 0.05) is 18.0 Å². The molecular weight excluding hydrogens is 285 g/mol. The zero-order valence-electron chi connectivity index (χ0n) is 10.0. The van der Waals surface area contributed by atoms with E-state index in [0.29, 0.717) is 13.1 Å². The summed E-state index contributed by atoms with van der Waals surface area (Å²) in [5.74, 6) is -0.895. The minimum absolute atomic E-state index is 0.0251. The summed E-state index contributed by atoms with van der Waals surface area (Å²) in [6, 6.07) is 6.32. The molecule has 0 N–H and O–H groups in total. The van der Waals surface area contributed by atoms with Gasteiger partial charge in [0.25, 0.3) is 5.91 Å². The quantitative estimate of drug-likeness (QED) is 0.785.